The van der Waals surface area contributed by atoms with Gasteiger partial charge < -0.3 is 15.2 Å². The summed E-state index contributed by atoms with van der Waals surface area (Å²) in [6.07, 6.45) is 1.81. The average molecular weight is 279 g/mol. The lowest BCUT2D eigenvalue weighted by Crippen LogP contribution is -2.53. The van der Waals surface area contributed by atoms with Crippen molar-refractivity contribution in [3.05, 3.63) is 23.9 Å². The first-order chi connectivity index (χ1) is 9.52. The summed E-state index contributed by atoms with van der Waals surface area (Å²) < 4.78 is 5.82. The summed E-state index contributed by atoms with van der Waals surface area (Å²) in [5.74, 6) is 0.909. The molecule has 2 heterocycles. The topological polar surface area (TPSA) is 57.6 Å². The maximum atomic E-state index is 9.33. The Bertz CT molecular complexity index is 420. The van der Waals surface area contributed by atoms with Gasteiger partial charge in [-0.3, -0.25) is 4.90 Å². The van der Waals surface area contributed by atoms with Crippen LogP contribution in [0.3, 0.4) is 0 Å². The van der Waals surface area contributed by atoms with Crippen LogP contribution >= 0.6 is 0 Å². The van der Waals surface area contributed by atoms with Crippen LogP contribution in [0.1, 0.15) is 26.3 Å². The Morgan fingerprint density at radius 2 is 2.30 bits per heavy atom. The summed E-state index contributed by atoms with van der Waals surface area (Å²) in [5, 5.41) is 12.5. The number of rotatable bonds is 5. The van der Waals surface area contributed by atoms with Gasteiger partial charge >= 0.3 is 0 Å². The van der Waals surface area contributed by atoms with Crippen molar-refractivity contribution < 1.29 is 9.84 Å². The van der Waals surface area contributed by atoms with Crippen LogP contribution in [0.4, 0.5) is 5.82 Å². The minimum Gasteiger partial charge on any atom is -0.394 e. The summed E-state index contributed by atoms with van der Waals surface area (Å²) in [6.45, 7) is 9.58. The molecule has 0 aromatic carbocycles. The molecule has 5 nitrogen and oxygen atoms in total. The minimum atomic E-state index is -0.219. The van der Waals surface area contributed by atoms with Gasteiger partial charge in [-0.2, -0.15) is 0 Å². The van der Waals surface area contributed by atoms with E-state index in [4.69, 9.17) is 4.74 Å². The molecule has 20 heavy (non-hydrogen) atoms. The van der Waals surface area contributed by atoms with Gasteiger partial charge in [-0.1, -0.05) is 6.07 Å². The van der Waals surface area contributed by atoms with Crippen LogP contribution < -0.4 is 5.32 Å². The normalized spacial score (nSPS) is 22.7. The van der Waals surface area contributed by atoms with E-state index in [0.717, 1.165) is 32.0 Å². The molecule has 0 aliphatic carbocycles. The van der Waals surface area contributed by atoms with E-state index in [1.165, 1.54) is 5.56 Å². The molecule has 1 aromatic rings. The first kappa shape index (κ1) is 15.2. The molecule has 0 amide bonds. The van der Waals surface area contributed by atoms with E-state index in [2.05, 4.69) is 42.0 Å². The first-order valence-electron chi connectivity index (χ1n) is 7.22. The third kappa shape index (κ3) is 4.16. The summed E-state index contributed by atoms with van der Waals surface area (Å²) in [5.41, 5.74) is 0.962. The number of ether oxygens (including phenoxy) is 1. The fourth-order valence-corrected chi connectivity index (χ4v) is 2.69. The lowest BCUT2D eigenvalue weighted by atomic mass is 10.0. The zero-order valence-electron chi connectivity index (χ0n) is 12.6. The van der Waals surface area contributed by atoms with Crippen LogP contribution in [0.5, 0.6) is 0 Å². The molecule has 0 radical (unpaired) electrons. The number of hydrogen-bond donors (Lipinski definition) is 2. The molecular formula is C15H25N3O2. The smallest absolute Gasteiger partial charge is 0.125 e. The Morgan fingerprint density at radius 1 is 1.50 bits per heavy atom. The number of aliphatic hydroxyl groups is 1. The van der Waals surface area contributed by atoms with E-state index in [1.54, 1.807) is 0 Å². The minimum absolute atomic E-state index is 0.0670. The summed E-state index contributed by atoms with van der Waals surface area (Å²) in [4.78, 5) is 6.70. The highest BCUT2D eigenvalue weighted by Gasteiger charge is 2.32. The second-order valence-corrected chi connectivity index (χ2v) is 5.93. The van der Waals surface area contributed by atoms with Gasteiger partial charge in [-0.05, 0) is 32.4 Å². The van der Waals surface area contributed by atoms with Crippen molar-refractivity contribution in [2.45, 2.75) is 39.0 Å². The summed E-state index contributed by atoms with van der Waals surface area (Å²) in [6, 6.07) is 4.11. The second-order valence-electron chi connectivity index (χ2n) is 5.93. The molecule has 1 saturated heterocycles. The Balaban J connectivity index is 1.97. The highest BCUT2D eigenvalue weighted by Crippen LogP contribution is 2.22. The van der Waals surface area contributed by atoms with Gasteiger partial charge in [-0.25, -0.2) is 4.98 Å². The molecule has 1 aliphatic heterocycles. The van der Waals surface area contributed by atoms with Crippen molar-refractivity contribution in [3.63, 3.8) is 0 Å². The van der Waals surface area contributed by atoms with E-state index in [9.17, 15) is 5.11 Å². The van der Waals surface area contributed by atoms with E-state index < -0.39 is 0 Å². The van der Waals surface area contributed by atoms with E-state index in [0.29, 0.717) is 0 Å². The van der Waals surface area contributed by atoms with Crippen molar-refractivity contribution >= 4 is 5.82 Å². The van der Waals surface area contributed by atoms with Crippen molar-refractivity contribution in [2.75, 3.05) is 31.6 Å². The van der Waals surface area contributed by atoms with Crippen LogP contribution in [0, 0.1) is 0 Å². The highest BCUT2D eigenvalue weighted by molar-refractivity contribution is 5.35. The third-order valence-corrected chi connectivity index (χ3v) is 3.34. The predicted molar refractivity (Wildman–Crippen MR) is 79.7 cm³/mol. The number of nitrogens with one attached hydrogen (secondary N) is 1. The van der Waals surface area contributed by atoms with Crippen LogP contribution in [0.2, 0.25) is 0 Å². The summed E-state index contributed by atoms with van der Waals surface area (Å²) in [7, 11) is 0. The van der Waals surface area contributed by atoms with Gasteiger partial charge in [0, 0.05) is 32.4 Å². The third-order valence-electron chi connectivity index (χ3n) is 3.34. The fraction of sp³-hybridized carbons (Fsp3) is 0.667. The van der Waals surface area contributed by atoms with E-state index in [1.807, 2.05) is 12.3 Å². The van der Waals surface area contributed by atoms with Gasteiger partial charge in [0.05, 0.1) is 18.3 Å². The monoisotopic (exact) mass is 279 g/mol. The molecule has 1 unspecified atom stereocenters. The molecule has 0 bridgehead atoms. The number of nitrogens with zero attached hydrogens (tertiary/aromatic N) is 2. The molecular weight excluding hydrogens is 254 g/mol. The molecule has 1 aromatic heterocycles. The molecule has 1 atom stereocenters. The number of pyridine rings is 1. The quantitative estimate of drug-likeness (QED) is 0.855. The Hall–Kier alpha value is -1.17. The van der Waals surface area contributed by atoms with Crippen LogP contribution in [-0.4, -0.2) is 52.9 Å². The zero-order valence-corrected chi connectivity index (χ0v) is 12.6. The lowest BCUT2D eigenvalue weighted by molar-refractivity contribution is -0.150. The molecule has 2 rings (SSSR count). The van der Waals surface area contributed by atoms with Crippen LogP contribution in [-0.2, 0) is 11.3 Å². The number of anilines is 1. The molecule has 1 fully saturated rings. The van der Waals surface area contributed by atoms with Gasteiger partial charge in [0.15, 0.2) is 0 Å². The van der Waals surface area contributed by atoms with Crippen molar-refractivity contribution in [1.82, 2.24) is 9.88 Å². The van der Waals surface area contributed by atoms with Gasteiger partial charge in [0.1, 0.15) is 5.82 Å². The average Bonchev–Trinajstić information content (AvgIpc) is 2.39. The van der Waals surface area contributed by atoms with Gasteiger partial charge in [0.25, 0.3) is 0 Å². The molecule has 112 valence electrons. The summed E-state index contributed by atoms with van der Waals surface area (Å²) >= 11 is 0. The maximum absolute atomic E-state index is 9.33. The maximum Gasteiger partial charge on any atom is 0.125 e. The Morgan fingerprint density at radius 3 is 2.90 bits per heavy atom. The Labute approximate surface area is 121 Å². The number of morpholine rings is 1. The van der Waals surface area contributed by atoms with E-state index >= 15 is 0 Å². The second kappa shape index (κ2) is 6.52. The van der Waals surface area contributed by atoms with Crippen LogP contribution in [0.15, 0.2) is 18.3 Å². The zero-order chi connectivity index (χ0) is 14.6. The van der Waals surface area contributed by atoms with Crippen LogP contribution in [0.25, 0.3) is 0 Å². The van der Waals surface area contributed by atoms with Crippen molar-refractivity contribution in [2.24, 2.45) is 0 Å². The first-order valence-corrected chi connectivity index (χ1v) is 7.22. The largest absolute Gasteiger partial charge is 0.394 e. The lowest BCUT2D eigenvalue weighted by Gasteiger charge is -2.42. The molecule has 0 saturated carbocycles. The van der Waals surface area contributed by atoms with Gasteiger partial charge in [0.2, 0.25) is 0 Å². The molecule has 0 spiro atoms. The van der Waals surface area contributed by atoms with Gasteiger partial charge in [-0.15, -0.1) is 0 Å². The van der Waals surface area contributed by atoms with Crippen molar-refractivity contribution in [1.29, 1.82) is 0 Å². The predicted octanol–water partition coefficient (Wildman–Crippen LogP) is 1.49. The Kier molecular flexibility index (Phi) is 4.96. The molecule has 5 heteroatoms. The standard InChI is InChI=1S/C15H25N3O2/c1-4-16-14-6-5-12(7-17-14)8-18-9-13(10-19)20-15(2,3)11-18/h5-7,13,19H,4,8-11H2,1-3H3,(H,16,17). The SMILES string of the molecule is CCNc1ccc(CN2CC(CO)OC(C)(C)C2)cn1. The molecule has 2 N–H and O–H groups in total. The number of aliphatic hydroxyl groups excluding tert-OH is 1. The van der Waals surface area contributed by atoms with Crippen molar-refractivity contribution in [3.8, 4) is 0 Å². The number of aromatic nitrogens is 1. The fourth-order valence-electron chi connectivity index (χ4n) is 2.69. The number of hydrogen-bond acceptors (Lipinski definition) is 5. The van der Waals surface area contributed by atoms with E-state index in [-0.39, 0.29) is 18.3 Å². The highest BCUT2D eigenvalue weighted by atomic mass is 16.5. The molecule has 1 aliphatic rings.